The molecular formula is C20H26N2O3. The van der Waals surface area contributed by atoms with Gasteiger partial charge in [-0.2, -0.15) is 0 Å². The Morgan fingerprint density at radius 1 is 0.880 bits per heavy atom. The zero-order valence-electron chi connectivity index (χ0n) is 15.1. The number of hydrogen-bond donors (Lipinski definition) is 1. The molecule has 2 rings (SSSR count). The van der Waals surface area contributed by atoms with Crippen LogP contribution in [0.3, 0.4) is 0 Å². The molecule has 0 aliphatic heterocycles. The fourth-order valence-corrected chi connectivity index (χ4v) is 2.49. The maximum atomic E-state index is 12.0. The van der Waals surface area contributed by atoms with E-state index in [2.05, 4.69) is 24.1 Å². The summed E-state index contributed by atoms with van der Waals surface area (Å²) in [6.45, 7) is 8.68. The second kappa shape index (κ2) is 9.57. The van der Waals surface area contributed by atoms with Crippen molar-refractivity contribution in [1.82, 2.24) is 0 Å². The van der Waals surface area contributed by atoms with Crippen LogP contribution in [0.15, 0.2) is 48.5 Å². The number of amides is 1. The minimum atomic E-state index is -0.190. The van der Waals surface area contributed by atoms with E-state index >= 15 is 0 Å². The van der Waals surface area contributed by atoms with Crippen molar-refractivity contribution in [1.29, 1.82) is 0 Å². The van der Waals surface area contributed by atoms with Gasteiger partial charge in [-0.05, 0) is 69.3 Å². The van der Waals surface area contributed by atoms with Crippen LogP contribution in [0.4, 0.5) is 11.4 Å². The summed E-state index contributed by atoms with van der Waals surface area (Å²) in [5, 5.41) is 2.84. The largest absolute Gasteiger partial charge is 0.494 e. The highest BCUT2D eigenvalue weighted by molar-refractivity contribution is 5.92. The number of rotatable bonds is 9. The van der Waals surface area contributed by atoms with Crippen molar-refractivity contribution in [3.05, 3.63) is 48.5 Å². The number of carbonyl (C=O) groups is 1. The number of carbonyl (C=O) groups excluding carboxylic acids is 1. The third kappa shape index (κ3) is 5.71. The first-order valence-corrected chi connectivity index (χ1v) is 8.66. The zero-order chi connectivity index (χ0) is 18.1. The van der Waals surface area contributed by atoms with Gasteiger partial charge in [-0.3, -0.25) is 4.79 Å². The lowest BCUT2D eigenvalue weighted by atomic mass is 10.2. The fourth-order valence-electron chi connectivity index (χ4n) is 2.49. The second-order valence-electron chi connectivity index (χ2n) is 5.46. The lowest BCUT2D eigenvalue weighted by Gasteiger charge is -2.21. The van der Waals surface area contributed by atoms with Gasteiger partial charge < -0.3 is 19.7 Å². The summed E-state index contributed by atoms with van der Waals surface area (Å²) in [6.07, 6.45) is 0. The van der Waals surface area contributed by atoms with Crippen molar-refractivity contribution in [2.45, 2.75) is 20.8 Å². The van der Waals surface area contributed by atoms with Gasteiger partial charge in [0.15, 0.2) is 6.61 Å². The Bertz CT molecular complexity index is 650. The summed E-state index contributed by atoms with van der Waals surface area (Å²) in [7, 11) is 0. The van der Waals surface area contributed by atoms with Crippen LogP contribution in [0, 0.1) is 0 Å². The van der Waals surface area contributed by atoms with Crippen molar-refractivity contribution in [2.75, 3.05) is 36.5 Å². The number of hydrogen-bond acceptors (Lipinski definition) is 4. The minimum Gasteiger partial charge on any atom is -0.494 e. The highest BCUT2D eigenvalue weighted by Gasteiger charge is 2.06. The van der Waals surface area contributed by atoms with Crippen LogP contribution in [0.25, 0.3) is 0 Å². The molecule has 0 fully saturated rings. The smallest absolute Gasteiger partial charge is 0.262 e. The van der Waals surface area contributed by atoms with Crippen molar-refractivity contribution < 1.29 is 14.3 Å². The summed E-state index contributed by atoms with van der Waals surface area (Å²) in [5.74, 6) is 1.23. The number of nitrogens with one attached hydrogen (secondary N) is 1. The van der Waals surface area contributed by atoms with Crippen molar-refractivity contribution >= 4 is 17.3 Å². The molecule has 0 saturated carbocycles. The van der Waals surface area contributed by atoms with Crippen LogP contribution in [-0.4, -0.2) is 32.2 Å². The molecule has 134 valence electrons. The van der Waals surface area contributed by atoms with Gasteiger partial charge >= 0.3 is 0 Å². The van der Waals surface area contributed by atoms with Crippen LogP contribution in [0.1, 0.15) is 20.8 Å². The van der Waals surface area contributed by atoms with E-state index in [9.17, 15) is 4.79 Å². The van der Waals surface area contributed by atoms with E-state index in [0.29, 0.717) is 12.4 Å². The van der Waals surface area contributed by atoms with Crippen molar-refractivity contribution in [3.8, 4) is 11.5 Å². The SMILES string of the molecule is CCOc1ccc(OCC(=O)Nc2ccc(N(CC)CC)cc2)cc1. The number of ether oxygens (including phenoxy) is 2. The molecule has 0 bridgehead atoms. The summed E-state index contributed by atoms with van der Waals surface area (Å²) >= 11 is 0. The highest BCUT2D eigenvalue weighted by Crippen LogP contribution is 2.19. The first-order valence-electron chi connectivity index (χ1n) is 8.66. The number of nitrogens with zero attached hydrogens (tertiary/aromatic N) is 1. The van der Waals surface area contributed by atoms with Crippen LogP contribution in [0.5, 0.6) is 11.5 Å². The number of anilines is 2. The molecule has 0 aliphatic rings. The maximum Gasteiger partial charge on any atom is 0.262 e. The Morgan fingerprint density at radius 3 is 1.96 bits per heavy atom. The van der Waals surface area contributed by atoms with Gasteiger partial charge in [0.05, 0.1) is 6.61 Å². The zero-order valence-corrected chi connectivity index (χ0v) is 15.1. The predicted octanol–water partition coefficient (Wildman–Crippen LogP) is 3.95. The molecule has 5 heteroatoms. The first-order chi connectivity index (χ1) is 12.2. The molecule has 0 saturated heterocycles. The maximum absolute atomic E-state index is 12.0. The molecule has 2 aromatic carbocycles. The summed E-state index contributed by atoms with van der Waals surface area (Å²) in [5.41, 5.74) is 1.91. The molecule has 0 heterocycles. The lowest BCUT2D eigenvalue weighted by molar-refractivity contribution is -0.118. The van der Waals surface area contributed by atoms with Gasteiger partial charge in [0, 0.05) is 24.5 Å². The summed E-state index contributed by atoms with van der Waals surface area (Å²) < 4.78 is 10.9. The van der Waals surface area contributed by atoms with Crippen molar-refractivity contribution in [3.63, 3.8) is 0 Å². The molecule has 0 unspecified atom stereocenters. The van der Waals surface area contributed by atoms with E-state index in [4.69, 9.17) is 9.47 Å². The molecule has 5 nitrogen and oxygen atoms in total. The molecule has 0 aliphatic carbocycles. The van der Waals surface area contributed by atoms with Gasteiger partial charge in [0.2, 0.25) is 0 Å². The first kappa shape index (κ1) is 18.6. The Balaban J connectivity index is 1.83. The van der Waals surface area contributed by atoms with Gasteiger partial charge in [0.1, 0.15) is 11.5 Å². The normalized spacial score (nSPS) is 10.2. The molecule has 1 N–H and O–H groups in total. The van der Waals surface area contributed by atoms with E-state index in [1.54, 1.807) is 12.1 Å². The van der Waals surface area contributed by atoms with Crippen LogP contribution >= 0.6 is 0 Å². The molecule has 0 aromatic heterocycles. The molecule has 1 amide bonds. The fraction of sp³-hybridized carbons (Fsp3) is 0.350. The molecule has 0 spiro atoms. The summed E-state index contributed by atoms with van der Waals surface area (Å²) in [6, 6.07) is 15.1. The third-order valence-electron chi connectivity index (χ3n) is 3.78. The minimum absolute atomic E-state index is 0.0359. The van der Waals surface area contributed by atoms with Gasteiger partial charge in [0.25, 0.3) is 5.91 Å². The summed E-state index contributed by atoms with van der Waals surface area (Å²) in [4.78, 5) is 14.3. The van der Waals surface area contributed by atoms with Gasteiger partial charge in [-0.1, -0.05) is 0 Å². The van der Waals surface area contributed by atoms with E-state index in [1.807, 2.05) is 43.3 Å². The van der Waals surface area contributed by atoms with Crippen molar-refractivity contribution in [2.24, 2.45) is 0 Å². The second-order valence-corrected chi connectivity index (χ2v) is 5.46. The molecular weight excluding hydrogens is 316 g/mol. The van der Waals surface area contributed by atoms with E-state index < -0.39 is 0 Å². The quantitative estimate of drug-likeness (QED) is 0.750. The van der Waals surface area contributed by atoms with E-state index in [0.717, 1.165) is 30.2 Å². The molecule has 25 heavy (non-hydrogen) atoms. The van der Waals surface area contributed by atoms with Crippen LogP contribution < -0.4 is 19.7 Å². The lowest BCUT2D eigenvalue weighted by Crippen LogP contribution is -2.22. The average molecular weight is 342 g/mol. The van der Waals surface area contributed by atoms with Crippen LogP contribution in [0.2, 0.25) is 0 Å². The third-order valence-corrected chi connectivity index (χ3v) is 3.78. The van der Waals surface area contributed by atoms with Gasteiger partial charge in [-0.15, -0.1) is 0 Å². The molecule has 0 atom stereocenters. The Hall–Kier alpha value is -2.69. The topological polar surface area (TPSA) is 50.8 Å². The highest BCUT2D eigenvalue weighted by atomic mass is 16.5. The average Bonchev–Trinajstić information content (AvgIpc) is 2.64. The monoisotopic (exact) mass is 342 g/mol. The molecule has 0 radical (unpaired) electrons. The van der Waals surface area contributed by atoms with E-state index in [-0.39, 0.29) is 12.5 Å². The Morgan fingerprint density at radius 2 is 1.44 bits per heavy atom. The van der Waals surface area contributed by atoms with E-state index in [1.165, 1.54) is 0 Å². The predicted molar refractivity (Wildman–Crippen MR) is 102 cm³/mol. The standard InChI is InChI=1S/C20H26N2O3/c1-4-22(5-2)17-9-7-16(8-10-17)21-20(23)15-25-19-13-11-18(12-14-19)24-6-3/h7-14H,4-6,15H2,1-3H3,(H,21,23). The van der Waals surface area contributed by atoms with Gasteiger partial charge in [-0.25, -0.2) is 0 Å². The number of benzene rings is 2. The Labute approximate surface area is 149 Å². The Kier molecular flexibility index (Phi) is 7.14. The van der Waals surface area contributed by atoms with Crippen LogP contribution in [-0.2, 0) is 4.79 Å². The molecule has 2 aromatic rings.